The van der Waals surface area contributed by atoms with Crippen LogP contribution in [-0.2, 0) is 0 Å². The molecule has 1 heterocycles. The first-order chi connectivity index (χ1) is 6.16. The predicted octanol–water partition coefficient (Wildman–Crippen LogP) is 3.35. The quantitative estimate of drug-likeness (QED) is 0.723. The predicted molar refractivity (Wildman–Crippen MR) is 57.0 cm³/mol. The zero-order valence-corrected chi connectivity index (χ0v) is 9.22. The number of rotatable bonds is 0. The van der Waals surface area contributed by atoms with Crippen molar-refractivity contribution < 1.29 is 0 Å². The van der Waals surface area contributed by atoms with Gasteiger partial charge < -0.3 is 0 Å². The summed E-state index contributed by atoms with van der Waals surface area (Å²) in [5.41, 5.74) is 2.80. The average molecular weight is 258 g/mol. The van der Waals surface area contributed by atoms with Gasteiger partial charge in [0.05, 0.1) is 17.2 Å². The minimum absolute atomic E-state index is 0.425. The van der Waals surface area contributed by atoms with E-state index in [1.54, 1.807) is 6.20 Å². The highest BCUT2D eigenvalue weighted by molar-refractivity contribution is 9.10. The number of hydrogen-bond donors (Lipinski definition) is 0. The lowest BCUT2D eigenvalue weighted by Gasteiger charge is -2.00. The van der Waals surface area contributed by atoms with E-state index < -0.39 is 0 Å². The first-order valence-electron chi connectivity index (χ1n) is 3.75. The number of hydrogen-bond acceptors (Lipinski definition) is 2. The number of nitrogens with zero attached hydrogens (tertiary/aromatic N) is 2. The summed E-state index contributed by atoms with van der Waals surface area (Å²) in [6.07, 6.45) is 1.55. The van der Waals surface area contributed by atoms with Crippen LogP contribution in [0.4, 0.5) is 0 Å². The van der Waals surface area contributed by atoms with Crippen molar-refractivity contribution in [2.45, 2.75) is 6.92 Å². The topological polar surface area (TPSA) is 25.8 Å². The minimum atomic E-state index is 0.425. The lowest BCUT2D eigenvalue weighted by molar-refractivity contribution is 1.28. The molecule has 2 aromatic rings. The van der Waals surface area contributed by atoms with Gasteiger partial charge in [-0.1, -0.05) is 27.5 Å². The van der Waals surface area contributed by atoms with E-state index in [4.69, 9.17) is 11.6 Å². The molecule has 0 saturated carbocycles. The molecule has 66 valence electrons. The van der Waals surface area contributed by atoms with Gasteiger partial charge in [-0.15, -0.1) is 0 Å². The van der Waals surface area contributed by atoms with Crippen molar-refractivity contribution in [3.63, 3.8) is 0 Å². The Kier molecular flexibility index (Phi) is 2.22. The van der Waals surface area contributed by atoms with Crippen LogP contribution in [0.15, 0.2) is 22.8 Å². The molecular formula is C9H6BrClN2. The maximum absolute atomic E-state index is 5.73. The summed E-state index contributed by atoms with van der Waals surface area (Å²) in [5.74, 6) is 0. The molecular weight excluding hydrogens is 251 g/mol. The summed E-state index contributed by atoms with van der Waals surface area (Å²) < 4.78 is 1.04. The van der Waals surface area contributed by atoms with Crippen molar-refractivity contribution in [3.05, 3.63) is 33.5 Å². The Hall–Kier alpha value is -0.670. The lowest BCUT2D eigenvalue weighted by atomic mass is 10.2. The third-order valence-corrected chi connectivity index (χ3v) is 2.83. The van der Waals surface area contributed by atoms with Gasteiger partial charge in [-0.05, 0) is 24.6 Å². The summed E-state index contributed by atoms with van der Waals surface area (Å²) in [4.78, 5) is 8.32. The Labute approximate surface area is 89.1 Å². The smallest absolute Gasteiger partial charge is 0.148 e. The van der Waals surface area contributed by atoms with Crippen LogP contribution in [-0.4, -0.2) is 9.97 Å². The molecule has 0 bridgehead atoms. The van der Waals surface area contributed by atoms with Gasteiger partial charge in [0.2, 0.25) is 0 Å². The van der Waals surface area contributed by atoms with E-state index in [1.807, 2.05) is 19.1 Å². The van der Waals surface area contributed by atoms with Gasteiger partial charge in [-0.2, -0.15) is 0 Å². The highest BCUT2D eigenvalue weighted by Crippen LogP contribution is 2.22. The Morgan fingerprint density at radius 3 is 2.85 bits per heavy atom. The van der Waals surface area contributed by atoms with Crippen molar-refractivity contribution in [3.8, 4) is 0 Å². The van der Waals surface area contributed by atoms with Crippen molar-refractivity contribution in [2.24, 2.45) is 0 Å². The zero-order chi connectivity index (χ0) is 9.42. The van der Waals surface area contributed by atoms with Crippen molar-refractivity contribution in [1.29, 1.82) is 0 Å². The minimum Gasteiger partial charge on any atom is -0.251 e. The number of benzene rings is 1. The van der Waals surface area contributed by atoms with E-state index in [0.29, 0.717) is 5.15 Å². The first-order valence-corrected chi connectivity index (χ1v) is 4.92. The molecule has 0 unspecified atom stereocenters. The molecule has 0 spiro atoms. The molecule has 0 atom stereocenters. The molecule has 1 aromatic carbocycles. The third-order valence-electron chi connectivity index (χ3n) is 1.79. The normalized spacial score (nSPS) is 10.7. The number of fused-ring (bicyclic) bond motifs is 1. The summed E-state index contributed by atoms with van der Waals surface area (Å²) in [6.45, 7) is 2.01. The first kappa shape index (κ1) is 8.91. The van der Waals surface area contributed by atoms with E-state index in [0.717, 1.165) is 21.1 Å². The molecule has 0 N–H and O–H groups in total. The molecule has 0 aliphatic carbocycles. The van der Waals surface area contributed by atoms with Gasteiger partial charge in [0, 0.05) is 4.47 Å². The van der Waals surface area contributed by atoms with Gasteiger partial charge in [0.15, 0.2) is 0 Å². The highest BCUT2D eigenvalue weighted by Gasteiger charge is 2.01. The van der Waals surface area contributed by atoms with Gasteiger partial charge >= 0.3 is 0 Å². The van der Waals surface area contributed by atoms with Crippen LogP contribution in [0.2, 0.25) is 5.15 Å². The number of aromatic nitrogens is 2. The molecule has 0 radical (unpaired) electrons. The molecule has 4 heteroatoms. The largest absolute Gasteiger partial charge is 0.251 e. The molecule has 0 saturated heterocycles. The second kappa shape index (κ2) is 3.24. The van der Waals surface area contributed by atoms with Crippen LogP contribution in [0.3, 0.4) is 0 Å². The van der Waals surface area contributed by atoms with Crippen LogP contribution in [0.1, 0.15) is 5.56 Å². The average Bonchev–Trinajstić information content (AvgIpc) is 2.08. The molecule has 0 fully saturated rings. The standard InChI is InChI=1S/C9H6BrClN2/c1-5-2-8-7(3-6(5)10)12-4-9(11)13-8/h2-4H,1H3. The highest BCUT2D eigenvalue weighted by atomic mass is 79.9. The van der Waals surface area contributed by atoms with Crippen molar-refractivity contribution in [2.75, 3.05) is 0 Å². The molecule has 0 aliphatic rings. The van der Waals surface area contributed by atoms with Crippen LogP contribution >= 0.6 is 27.5 Å². The van der Waals surface area contributed by atoms with E-state index in [2.05, 4.69) is 25.9 Å². The van der Waals surface area contributed by atoms with Crippen LogP contribution in [0, 0.1) is 6.92 Å². The van der Waals surface area contributed by atoms with Gasteiger partial charge in [-0.3, -0.25) is 4.98 Å². The summed E-state index contributed by atoms with van der Waals surface area (Å²) in [6, 6.07) is 3.90. The van der Waals surface area contributed by atoms with E-state index in [-0.39, 0.29) is 0 Å². The summed E-state index contributed by atoms with van der Waals surface area (Å²) in [7, 11) is 0. The Morgan fingerprint density at radius 2 is 2.08 bits per heavy atom. The lowest BCUT2D eigenvalue weighted by Crippen LogP contribution is -1.86. The third kappa shape index (κ3) is 1.67. The van der Waals surface area contributed by atoms with Crippen LogP contribution in [0.25, 0.3) is 11.0 Å². The molecule has 0 aliphatic heterocycles. The van der Waals surface area contributed by atoms with E-state index in [1.165, 1.54) is 0 Å². The van der Waals surface area contributed by atoms with Crippen molar-refractivity contribution >= 4 is 38.6 Å². The van der Waals surface area contributed by atoms with Crippen molar-refractivity contribution in [1.82, 2.24) is 9.97 Å². The van der Waals surface area contributed by atoms with E-state index in [9.17, 15) is 0 Å². The molecule has 0 amide bonds. The summed E-state index contributed by atoms with van der Waals surface area (Å²) >= 11 is 9.16. The zero-order valence-electron chi connectivity index (χ0n) is 6.88. The monoisotopic (exact) mass is 256 g/mol. The molecule has 2 rings (SSSR count). The van der Waals surface area contributed by atoms with Gasteiger partial charge in [0.1, 0.15) is 5.15 Å². The maximum atomic E-state index is 5.73. The SMILES string of the molecule is Cc1cc2nc(Cl)cnc2cc1Br. The molecule has 13 heavy (non-hydrogen) atoms. The Morgan fingerprint density at radius 1 is 1.31 bits per heavy atom. The number of aryl methyl sites for hydroxylation is 1. The number of halogens is 2. The fourth-order valence-electron chi connectivity index (χ4n) is 1.12. The second-order valence-electron chi connectivity index (χ2n) is 2.78. The molecule has 1 aromatic heterocycles. The van der Waals surface area contributed by atoms with Crippen LogP contribution < -0.4 is 0 Å². The van der Waals surface area contributed by atoms with Gasteiger partial charge in [0.25, 0.3) is 0 Å². The van der Waals surface area contributed by atoms with E-state index >= 15 is 0 Å². The van der Waals surface area contributed by atoms with Crippen LogP contribution in [0.5, 0.6) is 0 Å². The molecule has 2 nitrogen and oxygen atoms in total. The van der Waals surface area contributed by atoms with Gasteiger partial charge in [-0.25, -0.2) is 4.98 Å². The Bertz CT molecular complexity index is 470. The maximum Gasteiger partial charge on any atom is 0.148 e. The fourth-order valence-corrected chi connectivity index (χ4v) is 1.59. The summed E-state index contributed by atoms with van der Waals surface area (Å²) in [5, 5.41) is 0.425. The second-order valence-corrected chi connectivity index (χ2v) is 4.02. The fraction of sp³-hybridized carbons (Fsp3) is 0.111. The Balaban J connectivity index is 2.81.